The van der Waals surface area contributed by atoms with Gasteiger partial charge in [-0.1, -0.05) is 41.9 Å². The van der Waals surface area contributed by atoms with Crippen LogP contribution < -0.4 is 20.7 Å². The number of pyridine rings is 1. The zero-order chi connectivity index (χ0) is 23.1. The van der Waals surface area contributed by atoms with Crippen LogP contribution in [0.5, 0.6) is 11.5 Å². The first kappa shape index (κ1) is 20.8. The molecule has 7 nitrogen and oxygen atoms in total. The van der Waals surface area contributed by atoms with Crippen molar-refractivity contribution in [2.75, 3.05) is 14.2 Å². The Labute approximate surface area is 192 Å². The first-order chi connectivity index (χ1) is 16.0. The summed E-state index contributed by atoms with van der Waals surface area (Å²) >= 11 is 6.47. The second kappa shape index (κ2) is 8.11. The zero-order valence-corrected chi connectivity index (χ0v) is 18.5. The molecule has 1 N–H and O–H groups in total. The highest BCUT2D eigenvalue weighted by Gasteiger charge is 2.19. The Morgan fingerprint density at radius 2 is 1.70 bits per heavy atom. The lowest BCUT2D eigenvalue weighted by molar-refractivity contribution is 0.410. The van der Waals surface area contributed by atoms with E-state index in [-0.39, 0.29) is 5.39 Å². The summed E-state index contributed by atoms with van der Waals surface area (Å²) in [6.07, 6.45) is 3.19. The number of aromatic nitrogens is 3. The third-order valence-electron chi connectivity index (χ3n) is 5.57. The fourth-order valence-electron chi connectivity index (χ4n) is 4.04. The lowest BCUT2D eigenvalue weighted by atomic mass is 10.0. The molecule has 0 spiro atoms. The average Bonchev–Trinajstić information content (AvgIpc) is 2.83. The quantitative estimate of drug-likeness (QED) is 0.425. The van der Waals surface area contributed by atoms with E-state index < -0.39 is 11.2 Å². The maximum Gasteiger partial charge on any atom is 0.333 e. The molecule has 0 aliphatic heterocycles. The van der Waals surface area contributed by atoms with Gasteiger partial charge in [0.15, 0.2) is 0 Å². The van der Waals surface area contributed by atoms with Gasteiger partial charge in [0.2, 0.25) is 0 Å². The van der Waals surface area contributed by atoms with Crippen molar-refractivity contribution in [1.29, 1.82) is 0 Å². The van der Waals surface area contributed by atoms with E-state index in [1.54, 1.807) is 43.6 Å². The van der Waals surface area contributed by atoms with Crippen molar-refractivity contribution in [3.8, 4) is 28.3 Å². The summed E-state index contributed by atoms with van der Waals surface area (Å²) < 4.78 is 12.2. The molecule has 8 heteroatoms. The molecule has 0 radical (unpaired) electrons. The van der Waals surface area contributed by atoms with E-state index in [4.69, 9.17) is 21.1 Å². The second-order valence-corrected chi connectivity index (χ2v) is 7.77. The van der Waals surface area contributed by atoms with Gasteiger partial charge in [-0.15, -0.1) is 0 Å². The number of benzene rings is 3. The molecule has 0 unspecified atom stereocenters. The summed E-state index contributed by atoms with van der Waals surface area (Å²) in [6.45, 7) is 0. The van der Waals surface area contributed by atoms with E-state index >= 15 is 0 Å². The largest absolute Gasteiger partial charge is 0.496 e. The van der Waals surface area contributed by atoms with Crippen LogP contribution in [-0.4, -0.2) is 28.8 Å². The van der Waals surface area contributed by atoms with Crippen LogP contribution in [0, 0.1) is 0 Å². The van der Waals surface area contributed by atoms with Crippen LogP contribution in [0.2, 0.25) is 5.02 Å². The number of fused-ring (bicyclic) bond motifs is 2. The number of nitrogens with zero attached hydrogens (tertiary/aromatic N) is 2. The van der Waals surface area contributed by atoms with E-state index in [0.717, 1.165) is 15.3 Å². The van der Waals surface area contributed by atoms with Gasteiger partial charge < -0.3 is 14.5 Å². The Bertz CT molecular complexity index is 1650. The number of nitrogens with one attached hydrogen (secondary N) is 1. The molecular formula is C25H18ClN3O4. The van der Waals surface area contributed by atoms with Crippen molar-refractivity contribution < 1.29 is 9.47 Å². The van der Waals surface area contributed by atoms with Crippen molar-refractivity contribution in [3.05, 3.63) is 92.9 Å². The predicted octanol–water partition coefficient (Wildman–Crippen LogP) is 4.56. The number of hydrogen-bond acceptors (Lipinski definition) is 5. The van der Waals surface area contributed by atoms with E-state index in [1.165, 1.54) is 13.3 Å². The van der Waals surface area contributed by atoms with Crippen LogP contribution >= 0.6 is 11.6 Å². The minimum absolute atomic E-state index is 0.286. The molecule has 0 aliphatic carbocycles. The third-order valence-corrected chi connectivity index (χ3v) is 5.89. The third kappa shape index (κ3) is 3.34. The highest BCUT2D eigenvalue weighted by atomic mass is 35.5. The van der Waals surface area contributed by atoms with Crippen LogP contribution in [-0.2, 0) is 0 Å². The van der Waals surface area contributed by atoms with Crippen LogP contribution in [0.1, 0.15) is 0 Å². The standard InChI is InChI=1S/C25H18ClN3O4/c1-32-21-9-5-8-18(26)23(21)17-10-19-16(11-22(17)33-2)24(30)29(25(31)28-19)20-13-27-12-14-6-3-4-7-15(14)20/h3-13H,1-2H3,(H,28,31). The number of ether oxygens (including phenoxy) is 2. The summed E-state index contributed by atoms with van der Waals surface area (Å²) in [5.74, 6) is 0.957. The second-order valence-electron chi connectivity index (χ2n) is 7.37. The van der Waals surface area contributed by atoms with Crippen molar-refractivity contribution >= 4 is 33.3 Å². The van der Waals surface area contributed by atoms with E-state index in [0.29, 0.717) is 38.9 Å². The molecule has 5 aromatic rings. The molecule has 5 rings (SSSR count). The first-order valence-corrected chi connectivity index (χ1v) is 10.4. The monoisotopic (exact) mass is 459 g/mol. The molecule has 2 aromatic heterocycles. The summed E-state index contributed by atoms with van der Waals surface area (Å²) in [4.78, 5) is 33.6. The molecule has 0 saturated carbocycles. The summed E-state index contributed by atoms with van der Waals surface area (Å²) in [6, 6.07) is 16.0. The fourth-order valence-corrected chi connectivity index (χ4v) is 4.31. The zero-order valence-electron chi connectivity index (χ0n) is 17.8. The Morgan fingerprint density at radius 1 is 0.909 bits per heavy atom. The highest BCUT2D eigenvalue weighted by molar-refractivity contribution is 6.34. The number of H-pyrrole nitrogens is 1. The van der Waals surface area contributed by atoms with Gasteiger partial charge in [0, 0.05) is 28.1 Å². The van der Waals surface area contributed by atoms with Gasteiger partial charge in [0.1, 0.15) is 11.5 Å². The Kier molecular flexibility index (Phi) is 5.11. The molecule has 33 heavy (non-hydrogen) atoms. The minimum Gasteiger partial charge on any atom is -0.496 e. The minimum atomic E-state index is -0.576. The van der Waals surface area contributed by atoms with Gasteiger partial charge in [0.25, 0.3) is 5.56 Å². The van der Waals surface area contributed by atoms with Crippen LogP contribution in [0.4, 0.5) is 0 Å². The van der Waals surface area contributed by atoms with Crippen LogP contribution in [0.15, 0.2) is 76.6 Å². The Balaban J connectivity index is 1.83. The number of rotatable bonds is 4. The summed E-state index contributed by atoms with van der Waals surface area (Å²) in [5.41, 5.74) is 0.885. The average molecular weight is 460 g/mol. The van der Waals surface area contributed by atoms with E-state index in [2.05, 4.69) is 9.97 Å². The van der Waals surface area contributed by atoms with Gasteiger partial charge in [-0.25, -0.2) is 9.36 Å². The molecule has 0 fully saturated rings. The van der Waals surface area contributed by atoms with E-state index in [9.17, 15) is 9.59 Å². The Morgan fingerprint density at radius 3 is 2.48 bits per heavy atom. The van der Waals surface area contributed by atoms with Gasteiger partial charge in [-0.05, 0) is 24.3 Å². The fraction of sp³-hybridized carbons (Fsp3) is 0.0800. The van der Waals surface area contributed by atoms with Crippen molar-refractivity contribution in [2.24, 2.45) is 0 Å². The smallest absolute Gasteiger partial charge is 0.333 e. The molecule has 3 aromatic carbocycles. The molecule has 0 saturated heterocycles. The number of aromatic amines is 1. The van der Waals surface area contributed by atoms with Gasteiger partial charge in [0.05, 0.1) is 42.0 Å². The van der Waals surface area contributed by atoms with Crippen molar-refractivity contribution in [3.63, 3.8) is 0 Å². The van der Waals surface area contributed by atoms with Gasteiger partial charge in [-0.3, -0.25) is 9.78 Å². The number of hydrogen-bond donors (Lipinski definition) is 1. The molecule has 0 atom stereocenters. The number of halogens is 1. The predicted molar refractivity (Wildman–Crippen MR) is 129 cm³/mol. The highest BCUT2D eigenvalue weighted by Crippen LogP contribution is 2.42. The molecular weight excluding hydrogens is 442 g/mol. The molecule has 2 heterocycles. The summed E-state index contributed by atoms with van der Waals surface area (Å²) in [7, 11) is 3.05. The number of methoxy groups -OCH3 is 2. The maximum absolute atomic E-state index is 13.5. The lowest BCUT2D eigenvalue weighted by Gasteiger charge is -2.15. The molecule has 0 bridgehead atoms. The van der Waals surface area contributed by atoms with E-state index in [1.807, 2.05) is 24.3 Å². The lowest BCUT2D eigenvalue weighted by Crippen LogP contribution is -2.33. The maximum atomic E-state index is 13.5. The van der Waals surface area contributed by atoms with Gasteiger partial charge >= 0.3 is 5.69 Å². The van der Waals surface area contributed by atoms with Crippen LogP contribution in [0.3, 0.4) is 0 Å². The van der Waals surface area contributed by atoms with Crippen molar-refractivity contribution in [2.45, 2.75) is 0 Å². The van der Waals surface area contributed by atoms with Crippen molar-refractivity contribution in [1.82, 2.24) is 14.5 Å². The van der Waals surface area contributed by atoms with Gasteiger partial charge in [-0.2, -0.15) is 0 Å². The Hall–Kier alpha value is -4.10. The summed E-state index contributed by atoms with van der Waals surface area (Å²) in [5, 5.41) is 2.29. The molecule has 164 valence electrons. The topological polar surface area (TPSA) is 86.2 Å². The van der Waals surface area contributed by atoms with Crippen LogP contribution in [0.25, 0.3) is 38.5 Å². The molecule has 0 aliphatic rings. The normalized spacial score (nSPS) is 11.1. The molecule has 0 amide bonds. The first-order valence-electron chi connectivity index (χ1n) is 10.1. The SMILES string of the molecule is COc1cc2c(=O)n(-c3cncc4ccccc34)c(=O)[nH]c2cc1-c1c(Cl)cccc1OC.